The van der Waals surface area contributed by atoms with E-state index >= 15 is 0 Å². The third-order valence-corrected chi connectivity index (χ3v) is 3.73. The van der Waals surface area contributed by atoms with Crippen molar-refractivity contribution < 1.29 is 4.74 Å². The molecule has 0 aromatic heterocycles. The van der Waals surface area contributed by atoms with Gasteiger partial charge in [-0.1, -0.05) is 31.5 Å². The molecule has 0 spiro atoms. The summed E-state index contributed by atoms with van der Waals surface area (Å²) in [5.41, 5.74) is 4.09. The molecule has 1 fully saturated rings. The van der Waals surface area contributed by atoms with Crippen LogP contribution in [0.5, 0.6) is 0 Å². The summed E-state index contributed by atoms with van der Waals surface area (Å²) in [6.07, 6.45) is 1.42. The summed E-state index contributed by atoms with van der Waals surface area (Å²) in [7, 11) is 0. The molecule has 1 aromatic carbocycles. The Balaban J connectivity index is 2.20. The zero-order valence-electron chi connectivity index (χ0n) is 13.3. The number of anilines is 1. The first-order valence-corrected chi connectivity index (χ1v) is 7.75. The molecular formula is C17H28N2O. The second kappa shape index (κ2) is 7.09. The molecule has 1 unspecified atom stereocenters. The zero-order chi connectivity index (χ0) is 14.5. The van der Waals surface area contributed by atoms with Crippen LogP contribution in [0, 0.1) is 6.92 Å². The van der Waals surface area contributed by atoms with Gasteiger partial charge >= 0.3 is 0 Å². The van der Waals surface area contributed by atoms with Crippen LogP contribution in [0.4, 0.5) is 5.69 Å². The molecule has 3 heteroatoms. The average molecular weight is 276 g/mol. The predicted molar refractivity (Wildman–Crippen MR) is 85.4 cm³/mol. The van der Waals surface area contributed by atoms with Crippen LogP contribution in [-0.2, 0) is 11.3 Å². The van der Waals surface area contributed by atoms with Gasteiger partial charge in [0.05, 0.1) is 6.10 Å². The molecule has 1 N–H and O–H groups in total. The summed E-state index contributed by atoms with van der Waals surface area (Å²) in [4.78, 5) is 2.48. The first-order chi connectivity index (χ1) is 9.56. The fraction of sp³-hybridized carbons (Fsp3) is 0.647. The van der Waals surface area contributed by atoms with Crippen molar-refractivity contribution in [2.75, 3.05) is 24.6 Å². The number of hydrogen-bond acceptors (Lipinski definition) is 3. The van der Waals surface area contributed by atoms with Crippen LogP contribution < -0.4 is 10.2 Å². The van der Waals surface area contributed by atoms with Gasteiger partial charge in [0, 0.05) is 38.0 Å². The highest BCUT2D eigenvalue weighted by Gasteiger charge is 2.17. The van der Waals surface area contributed by atoms with Crippen LogP contribution in [0.1, 0.15) is 38.3 Å². The average Bonchev–Trinajstić information content (AvgIpc) is 2.61. The van der Waals surface area contributed by atoms with Gasteiger partial charge in [0.1, 0.15) is 0 Å². The summed E-state index contributed by atoms with van der Waals surface area (Å²) in [5, 5.41) is 3.54. The Hall–Kier alpha value is -1.06. The van der Waals surface area contributed by atoms with Crippen LogP contribution in [0.15, 0.2) is 18.2 Å². The van der Waals surface area contributed by atoms with Gasteiger partial charge in [-0.25, -0.2) is 0 Å². The van der Waals surface area contributed by atoms with Gasteiger partial charge in [0.2, 0.25) is 0 Å². The Kier molecular flexibility index (Phi) is 5.44. The van der Waals surface area contributed by atoms with Gasteiger partial charge in [-0.3, -0.25) is 0 Å². The highest BCUT2D eigenvalue weighted by Crippen LogP contribution is 2.24. The second-order valence-corrected chi connectivity index (χ2v) is 6.15. The Morgan fingerprint density at radius 2 is 2.20 bits per heavy atom. The third kappa shape index (κ3) is 4.22. The fourth-order valence-corrected chi connectivity index (χ4v) is 2.69. The largest absolute Gasteiger partial charge is 0.377 e. The maximum Gasteiger partial charge on any atom is 0.0721 e. The Morgan fingerprint density at radius 3 is 2.95 bits per heavy atom. The molecule has 3 nitrogen and oxygen atoms in total. The van der Waals surface area contributed by atoms with Crippen molar-refractivity contribution in [1.82, 2.24) is 5.32 Å². The van der Waals surface area contributed by atoms with Crippen molar-refractivity contribution in [2.24, 2.45) is 0 Å². The van der Waals surface area contributed by atoms with Crippen LogP contribution >= 0.6 is 0 Å². The summed E-state index contributed by atoms with van der Waals surface area (Å²) in [6.45, 7) is 12.6. The number of rotatable bonds is 4. The maximum absolute atomic E-state index is 5.76. The van der Waals surface area contributed by atoms with Crippen molar-refractivity contribution in [1.29, 1.82) is 0 Å². The van der Waals surface area contributed by atoms with Crippen LogP contribution in [0.25, 0.3) is 0 Å². The summed E-state index contributed by atoms with van der Waals surface area (Å²) in [6, 6.07) is 7.30. The van der Waals surface area contributed by atoms with Gasteiger partial charge < -0.3 is 15.0 Å². The summed E-state index contributed by atoms with van der Waals surface area (Å²) >= 11 is 0. The van der Waals surface area contributed by atoms with Gasteiger partial charge in [-0.15, -0.1) is 0 Å². The SMILES string of the molecule is Cc1ccc(N2CCCOC(C)C2)c(CNC(C)C)c1. The first kappa shape index (κ1) is 15.3. The molecule has 0 saturated carbocycles. The summed E-state index contributed by atoms with van der Waals surface area (Å²) < 4.78 is 5.76. The molecule has 0 amide bonds. The molecule has 0 bridgehead atoms. The fourth-order valence-electron chi connectivity index (χ4n) is 2.69. The monoisotopic (exact) mass is 276 g/mol. The predicted octanol–water partition coefficient (Wildman–Crippen LogP) is 3.11. The van der Waals surface area contributed by atoms with E-state index in [9.17, 15) is 0 Å². The van der Waals surface area contributed by atoms with Crippen molar-refractivity contribution in [3.63, 3.8) is 0 Å². The third-order valence-electron chi connectivity index (χ3n) is 3.73. The van der Waals surface area contributed by atoms with E-state index in [0.29, 0.717) is 12.1 Å². The van der Waals surface area contributed by atoms with E-state index in [-0.39, 0.29) is 0 Å². The van der Waals surface area contributed by atoms with E-state index in [1.807, 2.05) is 0 Å². The topological polar surface area (TPSA) is 24.5 Å². The molecule has 20 heavy (non-hydrogen) atoms. The molecule has 1 atom stereocenters. The van der Waals surface area contributed by atoms with E-state index in [1.165, 1.54) is 16.8 Å². The maximum atomic E-state index is 5.76. The van der Waals surface area contributed by atoms with Gasteiger partial charge in [-0.05, 0) is 31.9 Å². The normalized spacial score (nSPS) is 20.2. The summed E-state index contributed by atoms with van der Waals surface area (Å²) in [5.74, 6) is 0. The minimum atomic E-state index is 0.310. The number of benzene rings is 1. The minimum Gasteiger partial charge on any atom is -0.377 e. The highest BCUT2D eigenvalue weighted by atomic mass is 16.5. The zero-order valence-corrected chi connectivity index (χ0v) is 13.3. The Labute approximate surface area is 123 Å². The molecular weight excluding hydrogens is 248 g/mol. The molecule has 1 aliphatic heterocycles. The molecule has 0 radical (unpaired) electrons. The number of nitrogens with zero attached hydrogens (tertiary/aromatic N) is 1. The van der Waals surface area contributed by atoms with Gasteiger partial charge in [0.25, 0.3) is 0 Å². The quantitative estimate of drug-likeness (QED) is 0.914. The van der Waals surface area contributed by atoms with E-state index in [0.717, 1.165) is 32.7 Å². The number of hydrogen-bond donors (Lipinski definition) is 1. The molecule has 1 aromatic rings. The minimum absolute atomic E-state index is 0.310. The highest BCUT2D eigenvalue weighted by molar-refractivity contribution is 5.55. The van der Waals surface area contributed by atoms with E-state index in [2.05, 4.69) is 56.1 Å². The number of nitrogens with one attached hydrogen (secondary N) is 1. The van der Waals surface area contributed by atoms with Crippen LogP contribution in [0.3, 0.4) is 0 Å². The van der Waals surface area contributed by atoms with Crippen LogP contribution in [0.2, 0.25) is 0 Å². The van der Waals surface area contributed by atoms with E-state index < -0.39 is 0 Å². The molecule has 0 aliphatic carbocycles. The number of ether oxygens (including phenoxy) is 1. The lowest BCUT2D eigenvalue weighted by Crippen LogP contribution is -2.32. The van der Waals surface area contributed by atoms with E-state index in [4.69, 9.17) is 4.74 Å². The first-order valence-electron chi connectivity index (χ1n) is 7.75. The number of aryl methyl sites for hydroxylation is 1. The molecule has 2 rings (SSSR count). The molecule has 112 valence electrons. The smallest absolute Gasteiger partial charge is 0.0721 e. The lowest BCUT2D eigenvalue weighted by Gasteiger charge is -2.27. The lowest BCUT2D eigenvalue weighted by molar-refractivity contribution is 0.0821. The standard InChI is InChI=1S/C17H28N2O/c1-13(2)18-11-16-10-14(3)6-7-17(16)19-8-5-9-20-15(4)12-19/h6-7,10,13,15,18H,5,8-9,11-12H2,1-4H3. The van der Waals surface area contributed by atoms with Crippen molar-refractivity contribution in [2.45, 2.75) is 52.8 Å². The van der Waals surface area contributed by atoms with E-state index in [1.54, 1.807) is 0 Å². The molecule has 1 aliphatic rings. The van der Waals surface area contributed by atoms with Gasteiger partial charge in [-0.2, -0.15) is 0 Å². The lowest BCUT2D eigenvalue weighted by atomic mass is 10.1. The van der Waals surface area contributed by atoms with Crippen LogP contribution in [-0.4, -0.2) is 31.8 Å². The molecule has 1 saturated heterocycles. The second-order valence-electron chi connectivity index (χ2n) is 6.15. The van der Waals surface area contributed by atoms with Crippen molar-refractivity contribution >= 4 is 5.69 Å². The Bertz CT molecular complexity index is 431. The van der Waals surface area contributed by atoms with Crippen molar-refractivity contribution in [3.05, 3.63) is 29.3 Å². The molecule has 1 heterocycles. The van der Waals surface area contributed by atoms with Crippen molar-refractivity contribution in [3.8, 4) is 0 Å². The Morgan fingerprint density at radius 1 is 1.40 bits per heavy atom. The van der Waals surface area contributed by atoms with Gasteiger partial charge in [0.15, 0.2) is 0 Å².